The highest BCUT2D eigenvalue weighted by molar-refractivity contribution is 5.95. The van der Waals surface area contributed by atoms with Crippen molar-refractivity contribution in [2.24, 2.45) is 9.98 Å². The van der Waals surface area contributed by atoms with E-state index in [0.717, 1.165) is 42.9 Å². The summed E-state index contributed by atoms with van der Waals surface area (Å²) in [5.74, 6) is 0.161. The van der Waals surface area contributed by atoms with E-state index < -0.39 is 5.97 Å². The Balaban J connectivity index is 1.71. The molecule has 1 atom stereocenters. The summed E-state index contributed by atoms with van der Waals surface area (Å²) in [5.41, 5.74) is 1.99. The molecule has 0 spiro atoms. The van der Waals surface area contributed by atoms with Gasteiger partial charge >= 0.3 is 5.97 Å². The third-order valence-corrected chi connectivity index (χ3v) is 3.91. The molecule has 0 fully saturated rings. The molecule has 3 N–H and O–H groups in total. The number of aliphatic imine (C=N–C) groups is 2. The zero-order valence-corrected chi connectivity index (χ0v) is 14.6. The van der Waals surface area contributed by atoms with E-state index in [-0.39, 0.29) is 12.6 Å². The Labute approximate surface area is 148 Å². The van der Waals surface area contributed by atoms with Crippen molar-refractivity contribution in [1.29, 1.82) is 0 Å². The van der Waals surface area contributed by atoms with Gasteiger partial charge in [0.1, 0.15) is 12.0 Å². The summed E-state index contributed by atoms with van der Waals surface area (Å²) in [4.78, 5) is 19.3. The Hall–Kier alpha value is -2.47. The number of amidine groups is 1. The van der Waals surface area contributed by atoms with E-state index in [1.54, 1.807) is 7.05 Å². The maximum absolute atomic E-state index is 10.6. The van der Waals surface area contributed by atoms with Crippen LogP contribution < -0.4 is 10.6 Å². The molecule has 0 saturated heterocycles. The van der Waals surface area contributed by atoms with Crippen LogP contribution in [-0.4, -0.2) is 42.9 Å². The first-order valence-electron chi connectivity index (χ1n) is 8.62. The second kappa shape index (κ2) is 10.4. The fourth-order valence-corrected chi connectivity index (χ4v) is 2.52. The fraction of sp³-hybridized carbons (Fsp3) is 0.421. The average molecular weight is 342 g/mol. The summed E-state index contributed by atoms with van der Waals surface area (Å²) in [5, 5.41) is 15.4. The van der Waals surface area contributed by atoms with Crippen LogP contribution in [-0.2, 0) is 11.2 Å². The topological polar surface area (TPSA) is 86.1 Å². The monoisotopic (exact) mass is 342 g/mol. The van der Waals surface area contributed by atoms with Crippen LogP contribution in [0.3, 0.4) is 0 Å². The van der Waals surface area contributed by atoms with Crippen LogP contribution in [0.4, 0.5) is 5.69 Å². The molecule has 1 aliphatic heterocycles. The molecule has 0 radical (unpaired) electrons. The number of benzene rings is 1. The van der Waals surface area contributed by atoms with Gasteiger partial charge < -0.3 is 10.4 Å². The molecule has 1 heterocycles. The number of hydrogen-bond donors (Lipinski definition) is 3. The molecule has 1 aromatic rings. The van der Waals surface area contributed by atoms with Crippen LogP contribution in [0, 0.1) is 0 Å². The van der Waals surface area contributed by atoms with Gasteiger partial charge in [-0.1, -0.05) is 18.2 Å². The van der Waals surface area contributed by atoms with Gasteiger partial charge in [-0.3, -0.25) is 20.1 Å². The van der Waals surface area contributed by atoms with E-state index in [4.69, 9.17) is 5.11 Å². The number of anilines is 1. The zero-order valence-electron chi connectivity index (χ0n) is 14.6. The van der Waals surface area contributed by atoms with Crippen LogP contribution in [0.2, 0.25) is 0 Å². The minimum absolute atomic E-state index is 0.0991. The van der Waals surface area contributed by atoms with Crippen LogP contribution in [0.5, 0.6) is 0 Å². The first kappa shape index (κ1) is 18.9. The molecule has 0 aliphatic carbocycles. The standard InChI is InChI=1S/C19H26N4O2/c1-20-17(6-4-14-22-18-5-2-3-13-21-18)23-16-10-7-15(8-11-16)9-12-19(24)25/h2,5,7-8,10-11,13,18,22H,3-4,6,9,12,14H2,1H3,(H,20,23)(H,24,25). The highest BCUT2D eigenvalue weighted by atomic mass is 16.4. The number of aryl methyl sites for hydroxylation is 1. The van der Waals surface area contributed by atoms with Crippen LogP contribution in [0.25, 0.3) is 0 Å². The number of hydrogen-bond acceptors (Lipinski definition) is 4. The molecular weight excluding hydrogens is 316 g/mol. The van der Waals surface area contributed by atoms with E-state index in [9.17, 15) is 4.79 Å². The summed E-state index contributed by atoms with van der Waals surface area (Å²) < 4.78 is 0. The van der Waals surface area contributed by atoms with Gasteiger partial charge in [0, 0.05) is 38.2 Å². The first-order valence-corrected chi connectivity index (χ1v) is 8.62. The van der Waals surface area contributed by atoms with E-state index in [1.165, 1.54) is 0 Å². The van der Waals surface area contributed by atoms with Crippen molar-refractivity contribution >= 4 is 23.7 Å². The quantitative estimate of drug-likeness (QED) is 0.279. The van der Waals surface area contributed by atoms with E-state index >= 15 is 0 Å². The Kier molecular flexibility index (Phi) is 7.85. The van der Waals surface area contributed by atoms with Crippen LogP contribution >= 0.6 is 0 Å². The number of dihydropyridines is 1. The lowest BCUT2D eigenvalue weighted by Gasteiger charge is -2.14. The zero-order chi connectivity index (χ0) is 17.9. The average Bonchev–Trinajstić information content (AvgIpc) is 2.64. The summed E-state index contributed by atoms with van der Waals surface area (Å²) in [6, 6.07) is 7.82. The Morgan fingerprint density at radius 1 is 1.32 bits per heavy atom. The van der Waals surface area contributed by atoms with E-state index in [0.29, 0.717) is 6.42 Å². The summed E-state index contributed by atoms with van der Waals surface area (Å²) in [7, 11) is 1.78. The summed E-state index contributed by atoms with van der Waals surface area (Å²) in [6.07, 6.45) is 9.67. The van der Waals surface area contributed by atoms with Gasteiger partial charge in [-0.05, 0) is 43.2 Å². The van der Waals surface area contributed by atoms with E-state index in [2.05, 4.69) is 32.8 Å². The number of nitrogens with one attached hydrogen (secondary N) is 2. The Morgan fingerprint density at radius 2 is 2.12 bits per heavy atom. The van der Waals surface area contributed by atoms with Crippen LogP contribution in [0.15, 0.2) is 46.4 Å². The smallest absolute Gasteiger partial charge is 0.303 e. The van der Waals surface area contributed by atoms with Crippen molar-refractivity contribution in [3.8, 4) is 0 Å². The number of allylic oxidation sites excluding steroid dienone is 1. The van der Waals surface area contributed by atoms with Crippen LogP contribution in [0.1, 0.15) is 31.2 Å². The number of nitrogens with zero attached hydrogens (tertiary/aromatic N) is 2. The van der Waals surface area contributed by atoms with Gasteiger partial charge in [0.2, 0.25) is 0 Å². The highest BCUT2D eigenvalue weighted by Crippen LogP contribution is 2.12. The highest BCUT2D eigenvalue weighted by Gasteiger charge is 2.04. The lowest BCUT2D eigenvalue weighted by atomic mass is 10.1. The van der Waals surface area contributed by atoms with Gasteiger partial charge in [-0.2, -0.15) is 0 Å². The lowest BCUT2D eigenvalue weighted by molar-refractivity contribution is -0.136. The Morgan fingerprint density at radius 3 is 2.76 bits per heavy atom. The molecule has 1 unspecified atom stereocenters. The number of rotatable bonds is 9. The van der Waals surface area contributed by atoms with Gasteiger partial charge in [-0.25, -0.2) is 0 Å². The maximum Gasteiger partial charge on any atom is 0.303 e. The Bertz CT molecular complexity index is 623. The lowest BCUT2D eigenvalue weighted by Crippen LogP contribution is -2.28. The summed E-state index contributed by atoms with van der Waals surface area (Å²) in [6.45, 7) is 0.876. The SMILES string of the molecule is CN=C(CCCNC1C=CCC=N1)Nc1ccc(CCC(=O)O)cc1. The number of aliphatic carboxylic acids is 1. The number of carbonyl (C=O) groups is 1. The van der Waals surface area contributed by atoms with Crippen molar-refractivity contribution in [1.82, 2.24) is 5.32 Å². The van der Waals surface area contributed by atoms with Crippen molar-refractivity contribution < 1.29 is 9.90 Å². The van der Waals surface area contributed by atoms with Gasteiger partial charge in [0.15, 0.2) is 0 Å². The first-order chi connectivity index (χ1) is 12.2. The molecule has 0 aromatic heterocycles. The molecule has 1 aliphatic rings. The predicted octanol–water partition coefficient (Wildman–Crippen LogP) is 2.87. The molecule has 1 aromatic carbocycles. The maximum atomic E-state index is 10.6. The molecular formula is C19H26N4O2. The second-order valence-corrected chi connectivity index (χ2v) is 5.88. The van der Waals surface area contributed by atoms with Gasteiger partial charge in [0.05, 0.1) is 0 Å². The third kappa shape index (κ3) is 7.30. The summed E-state index contributed by atoms with van der Waals surface area (Å²) >= 11 is 0. The molecule has 6 heteroatoms. The largest absolute Gasteiger partial charge is 0.481 e. The van der Waals surface area contributed by atoms with Crippen molar-refractivity contribution in [3.05, 3.63) is 42.0 Å². The molecule has 0 bridgehead atoms. The number of carboxylic acid groups (broad SMARTS) is 1. The minimum atomic E-state index is -0.773. The fourth-order valence-electron chi connectivity index (χ4n) is 2.52. The molecule has 134 valence electrons. The minimum Gasteiger partial charge on any atom is -0.481 e. The van der Waals surface area contributed by atoms with Gasteiger partial charge in [0.25, 0.3) is 0 Å². The molecule has 2 rings (SSSR count). The van der Waals surface area contributed by atoms with Crippen molar-refractivity contribution in [2.45, 2.75) is 38.3 Å². The molecule has 0 amide bonds. The third-order valence-electron chi connectivity index (χ3n) is 3.91. The molecule has 0 saturated carbocycles. The van der Waals surface area contributed by atoms with Gasteiger partial charge in [-0.15, -0.1) is 0 Å². The molecule has 6 nitrogen and oxygen atoms in total. The molecule has 25 heavy (non-hydrogen) atoms. The number of carboxylic acids is 1. The normalized spacial score (nSPS) is 16.8. The predicted molar refractivity (Wildman–Crippen MR) is 103 cm³/mol. The second-order valence-electron chi connectivity index (χ2n) is 5.88. The van der Waals surface area contributed by atoms with Crippen molar-refractivity contribution in [3.63, 3.8) is 0 Å². The van der Waals surface area contributed by atoms with E-state index in [1.807, 2.05) is 30.5 Å². The van der Waals surface area contributed by atoms with Crippen molar-refractivity contribution in [2.75, 3.05) is 18.9 Å².